The molecule has 4 heteroatoms. The quantitative estimate of drug-likeness (QED) is 0.796. The van der Waals surface area contributed by atoms with Gasteiger partial charge >= 0.3 is 0 Å². The first-order chi connectivity index (χ1) is 8.19. The average molecular weight is 230 g/mol. The number of nitriles is 1. The molecule has 1 aromatic rings. The molecule has 4 nitrogen and oxygen atoms in total. The standard InChI is InChI=1S/C13H18N4/c1-10-15-12(9-14)8-13(16-10)17(2)7-6-11-4-3-5-11/h8,11H,3-7H2,1-2H3. The molecule has 1 aliphatic rings. The predicted molar refractivity (Wildman–Crippen MR) is 66.7 cm³/mol. The monoisotopic (exact) mass is 230 g/mol. The number of hydrogen-bond donors (Lipinski definition) is 0. The molecule has 0 spiro atoms. The van der Waals surface area contributed by atoms with Crippen molar-refractivity contribution in [1.82, 2.24) is 9.97 Å². The molecule has 0 saturated heterocycles. The first-order valence-electron chi connectivity index (χ1n) is 6.16. The van der Waals surface area contributed by atoms with Crippen molar-refractivity contribution >= 4 is 5.82 Å². The number of aromatic nitrogens is 2. The molecule has 1 aliphatic carbocycles. The second-order valence-electron chi connectivity index (χ2n) is 4.78. The highest BCUT2D eigenvalue weighted by atomic mass is 15.2. The maximum absolute atomic E-state index is 8.87. The molecule has 2 rings (SSSR count). The Hall–Kier alpha value is -1.63. The van der Waals surface area contributed by atoms with Gasteiger partial charge in [0.2, 0.25) is 0 Å². The van der Waals surface area contributed by atoms with Crippen LogP contribution in [-0.4, -0.2) is 23.6 Å². The van der Waals surface area contributed by atoms with Crippen molar-refractivity contribution < 1.29 is 0 Å². The van der Waals surface area contributed by atoms with Gasteiger partial charge in [0.25, 0.3) is 0 Å². The van der Waals surface area contributed by atoms with Crippen LogP contribution in [0, 0.1) is 24.2 Å². The summed E-state index contributed by atoms with van der Waals surface area (Å²) in [4.78, 5) is 10.5. The van der Waals surface area contributed by atoms with Crippen molar-refractivity contribution in [2.75, 3.05) is 18.5 Å². The topological polar surface area (TPSA) is 52.8 Å². The molecule has 1 fully saturated rings. The summed E-state index contributed by atoms with van der Waals surface area (Å²) in [7, 11) is 2.03. The molecule has 0 N–H and O–H groups in total. The third-order valence-corrected chi connectivity index (χ3v) is 3.43. The van der Waals surface area contributed by atoms with Crippen LogP contribution in [0.4, 0.5) is 5.82 Å². The number of aryl methyl sites for hydroxylation is 1. The summed E-state index contributed by atoms with van der Waals surface area (Å²) < 4.78 is 0. The second-order valence-corrected chi connectivity index (χ2v) is 4.78. The van der Waals surface area contributed by atoms with Crippen molar-refractivity contribution in [3.05, 3.63) is 17.6 Å². The lowest BCUT2D eigenvalue weighted by atomic mass is 9.83. The normalized spacial score (nSPS) is 15.1. The summed E-state index contributed by atoms with van der Waals surface area (Å²) in [6, 6.07) is 3.83. The van der Waals surface area contributed by atoms with E-state index in [-0.39, 0.29) is 0 Å². The minimum Gasteiger partial charge on any atom is -0.360 e. The van der Waals surface area contributed by atoms with E-state index in [1.807, 2.05) is 14.0 Å². The fraction of sp³-hybridized carbons (Fsp3) is 0.615. The molecule has 1 saturated carbocycles. The Morgan fingerprint density at radius 1 is 1.47 bits per heavy atom. The van der Waals surface area contributed by atoms with Crippen LogP contribution < -0.4 is 4.90 Å². The summed E-state index contributed by atoms with van der Waals surface area (Å²) in [5.74, 6) is 2.42. The van der Waals surface area contributed by atoms with E-state index in [9.17, 15) is 0 Å². The summed E-state index contributed by atoms with van der Waals surface area (Å²) in [5, 5.41) is 8.87. The lowest BCUT2D eigenvalue weighted by molar-refractivity contribution is 0.299. The summed E-state index contributed by atoms with van der Waals surface area (Å²) in [6.07, 6.45) is 5.36. The first kappa shape index (κ1) is 11.8. The molecular weight excluding hydrogens is 212 g/mol. The zero-order chi connectivity index (χ0) is 12.3. The molecular formula is C13H18N4. The molecule has 1 aromatic heterocycles. The van der Waals surface area contributed by atoms with Gasteiger partial charge in [-0.15, -0.1) is 0 Å². The molecule has 0 radical (unpaired) electrons. The Bertz CT molecular complexity index is 432. The van der Waals surface area contributed by atoms with Gasteiger partial charge in [0.1, 0.15) is 23.4 Å². The zero-order valence-electron chi connectivity index (χ0n) is 10.5. The van der Waals surface area contributed by atoms with E-state index in [0.717, 1.165) is 18.3 Å². The molecule has 0 atom stereocenters. The van der Waals surface area contributed by atoms with Crippen LogP contribution in [0.3, 0.4) is 0 Å². The Balaban J connectivity index is 1.99. The third kappa shape index (κ3) is 2.94. The Morgan fingerprint density at radius 3 is 2.82 bits per heavy atom. The maximum atomic E-state index is 8.87. The molecule has 0 aromatic carbocycles. The van der Waals surface area contributed by atoms with Gasteiger partial charge in [-0.05, 0) is 19.3 Å². The maximum Gasteiger partial charge on any atom is 0.146 e. The van der Waals surface area contributed by atoms with E-state index >= 15 is 0 Å². The van der Waals surface area contributed by atoms with Crippen molar-refractivity contribution in [2.45, 2.75) is 32.6 Å². The summed E-state index contributed by atoms with van der Waals surface area (Å²) in [5.41, 5.74) is 0.447. The lowest BCUT2D eigenvalue weighted by Gasteiger charge is -2.28. The highest BCUT2D eigenvalue weighted by Gasteiger charge is 2.18. The largest absolute Gasteiger partial charge is 0.360 e. The van der Waals surface area contributed by atoms with Crippen LogP contribution in [0.5, 0.6) is 0 Å². The number of hydrogen-bond acceptors (Lipinski definition) is 4. The lowest BCUT2D eigenvalue weighted by Crippen LogP contribution is -2.24. The predicted octanol–water partition coefficient (Wildman–Crippen LogP) is 2.28. The van der Waals surface area contributed by atoms with Gasteiger partial charge in [-0.3, -0.25) is 0 Å². The Labute approximate surface area is 102 Å². The van der Waals surface area contributed by atoms with Crippen LogP contribution >= 0.6 is 0 Å². The number of rotatable bonds is 4. The van der Waals surface area contributed by atoms with Crippen LogP contribution in [0.1, 0.15) is 37.2 Å². The van der Waals surface area contributed by atoms with Gasteiger partial charge in [0, 0.05) is 19.7 Å². The summed E-state index contributed by atoms with van der Waals surface area (Å²) >= 11 is 0. The van der Waals surface area contributed by atoms with Crippen LogP contribution in [-0.2, 0) is 0 Å². The van der Waals surface area contributed by atoms with Gasteiger partial charge in [0.05, 0.1) is 0 Å². The number of nitrogens with zero attached hydrogens (tertiary/aromatic N) is 4. The third-order valence-electron chi connectivity index (χ3n) is 3.43. The van der Waals surface area contributed by atoms with Gasteiger partial charge in [-0.1, -0.05) is 19.3 Å². The first-order valence-corrected chi connectivity index (χ1v) is 6.16. The minimum atomic E-state index is 0.447. The molecule has 0 amide bonds. The van der Waals surface area contributed by atoms with Gasteiger partial charge in [-0.2, -0.15) is 5.26 Å². The van der Waals surface area contributed by atoms with E-state index in [4.69, 9.17) is 5.26 Å². The Morgan fingerprint density at radius 2 is 2.24 bits per heavy atom. The molecule has 0 unspecified atom stereocenters. The fourth-order valence-electron chi connectivity index (χ4n) is 2.08. The molecule has 0 aliphatic heterocycles. The van der Waals surface area contributed by atoms with Crippen molar-refractivity contribution in [3.8, 4) is 6.07 Å². The van der Waals surface area contributed by atoms with E-state index in [2.05, 4.69) is 20.9 Å². The zero-order valence-corrected chi connectivity index (χ0v) is 10.5. The van der Waals surface area contributed by atoms with E-state index in [0.29, 0.717) is 11.5 Å². The highest BCUT2D eigenvalue weighted by molar-refractivity contribution is 5.42. The Kier molecular flexibility index (Phi) is 3.58. The van der Waals surface area contributed by atoms with E-state index in [1.54, 1.807) is 6.07 Å². The van der Waals surface area contributed by atoms with Crippen molar-refractivity contribution in [2.24, 2.45) is 5.92 Å². The SMILES string of the molecule is Cc1nc(C#N)cc(N(C)CCC2CCC2)n1. The molecule has 1 heterocycles. The van der Waals surface area contributed by atoms with Crippen LogP contribution in [0.2, 0.25) is 0 Å². The van der Waals surface area contributed by atoms with Gasteiger partial charge in [-0.25, -0.2) is 9.97 Å². The second kappa shape index (κ2) is 5.13. The van der Waals surface area contributed by atoms with Crippen LogP contribution in [0.15, 0.2) is 6.07 Å². The summed E-state index contributed by atoms with van der Waals surface area (Å²) in [6.45, 7) is 2.83. The van der Waals surface area contributed by atoms with Crippen molar-refractivity contribution in [1.29, 1.82) is 5.26 Å². The number of anilines is 1. The van der Waals surface area contributed by atoms with E-state index < -0.39 is 0 Å². The van der Waals surface area contributed by atoms with E-state index in [1.165, 1.54) is 25.7 Å². The molecule has 0 bridgehead atoms. The van der Waals surface area contributed by atoms with Crippen molar-refractivity contribution in [3.63, 3.8) is 0 Å². The minimum absolute atomic E-state index is 0.447. The smallest absolute Gasteiger partial charge is 0.146 e. The average Bonchev–Trinajstić information content (AvgIpc) is 2.25. The fourth-order valence-corrected chi connectivity index (χ4v) is 2.08. The molecule has 17 heavy (non-hydrogen) atoms. The van der Waals surface area contributed by atoms with Gasteiger partial charge < -0.3 is 4.90 Å². The van der Waals surface area contributed by atoms with Crippen LogP contribution in [0.25, 0.3) is 0 Å². The van der Waals surface area contributed by atoms with Gasteiger partial charge in [0.15, 0.2) is 0 Å². The molecule has 90 valence electrons. The highest BCUT2D eigenvalue weighted by Crippen LogP contribution is 2.29.